The summed E-state index contributed by atoms with van der Waals surface area (Å²) >= 11 is 0. The summed E-state index contributed by atoms with van der Waals surface area (Å²) in [5.74, 6) is 0.235. The molecule has 0 radical (unpaired) electrons. The predicted molar refractivity (Wildman–Crippen MR) is 62.0 cm³/mol. The molecule has 17 heavy (non-hydrogen) atoms. The van der Waals surface area contributed by atoms with Gasteiger partial charge in [-0.1, -0.05) is 13.8 Å². The van der Waals surface area contributed by atoms with Gasteiger partial charge in [-0.05, 0) is 6.92 Å². The van der Waals surface area contributed by atoms with Crippen molar-refractivity contribution in [3.8, 4) is 0 Å². The second kappa shape index (κ2) is 6.39. The van der Waals surface area contributed by atoms with E-state index in [2.05, 4.69) is 4.98 Å². The summed E-state index contributed by atoms with van der Waals surface area (Å²) in [6.45, 7) is 6.11. The number of carbonyl (C=O) groups is 1. The van der Waals surface area contributed by atoms with Gasteiger partial charge in [0.15, 0.2) is 12.1 Å². The van der Waals surface area contributed by atoms with Crippen LogP contribution in [0, 0.1) is 0 Å². The van der Waals surface area contributed by atoms with Gasteiger partial charge in [0.1, 0.15) is 5.76 Å². The quantitative estimate of drug-likeness (QED) is 0.715. The van der Waals surface area contributed by atoms with Gasteiger partial charge in [0.2, 0.25) is 0 Å². The van der Waals surface area contributed by atoms with E-state index < -0.39 is 5.97 Å². The maximum Gasteiger partial charge on any atom is 0.360 e. The van der Waals surface area contributed by atoms with Crippen LogP contribution in [0.3, 0.4) is 0 Å². The number of hydrogen-bond acceptors (Lipinski definition) is 5. The molecule has 0 amide bonds. The molecule has 0 aliphatic heterocycles. The minimum absolute atomic E-state index is 0.0738. The highest BCUT2D eigenvalue weighted by molar-refractivity contribution is 5.88. The Morgan fingerprint density at radius 3 is 2.76 bits per heavy atom. The molecule has 0 saturated heterocycles. The smallest absolute Gasteiger partial charge is 0.360 e. The number of rotatable bonds is 6. The second-order valence-corrected chi connectivity index (χ2v) is 4.19. The van der Waals surface area contributed by atoms with Crippen LogP contribution in [0.15, 0.2) is 10.8 Å². The Hall–Kier alpha value is -1.36. The van der Waals surface area contributed by atoms with Crippen molar-refractivity contribution in [3.63, 3.8) is 0 Å². The average Bonchev–Trinajstić information content (AvgIpc) is 2.77. The van der Waals surface area contributed by atoms with Gasteiger partial charge < -0.3 is 13.9 Å². The van der Waals surface area contributed by atoms with E-state index in [4.69, 9.17) is 13.9 Å². The molecule has 5 nitrogen and oxygen atoms in total. The molecule has 1 rings (SSSR count). The minimum atomic E-state index is -0.439. The zero-order chi connectivity index (χ0) is 12.8. The summed E-state index contributed by atoms with van der Waals surface area (Å²) in [5, 5.41) is 0. The van der Waals surface area contributed by atoms with Crippen LogP contribution in [0.4, 0.5) is 0 Å². The first-order valence-electron chi connectivity index (χ1n) is 5.69. The van der Waals surface area contributed by atoms with Gasteiger partial charge >= 0.3 is 5.97 Å². The Labute approximate surface area is 101 Å². The normalized spacial score (nSPS) is 12.8. The number of methoxy groups -OCH3 is 1. The van der Waals surface area contributed by atoms with Gasteiger partial charge in [-0.15, -0.1) is 0 Å². The Morgan fingerprint density at radius 1 is 1.47 bits per heavy atom. The van der Waals surface area contributed by atoms with Crippen LogP contribution in [-0.4, -0.2) is 30.8 Å². The number of aromatic nitrogens is 1. The average molecular weight is 241 g/mol. The molecule has 0 saturated carbocycles. The lowest BCUT2D eigenvalue weighted by atomic mass is 10.1. The standard InChI is InChI=1S/C12H19NO4/c1-8(2)11-10(13-7-17-11)12(14)16-6-5-9(3)15-4/h7-9H,5-6H2,1-4H3/t9-/m0/s1. The van der Waals surface area contributed by atoms with E-state index in [-0.39, 0.29) is 17.7 Å². The van der Waals surface area contributed by atoms with Crippen LogP contribution in [-0.2, 0) is 9.47 Å². The third-order valence-corrected chi connectivity index (χ3v) is 2.47. The molecule has 0 unspecified atom stereocenters. The van der Waals surface area contributed by atoms with Crippen molar-refractivity contribution < 1.29 is 18.7 Å². The molecule has 0 aromatic carbocycles. The molecule has 5 heteroatoms. The van der Waals surface area contributed by atoms with Gasteiger partial charge in [0, 0.05) is 19.4 Å². The molecular formula is C12H19NO4. The van der Waals surface area contributed by atoms with E-state index in [9.17, 15) is 4.79 Å². The van der Waals surface area contributed by atoms with Crippen LogP contribution in [0.1, 0.15) is 49.4 Å². The first-order chi connectivity index (χ1) is 8.06. The Bertz CT molecular complexity index is 359. The van der Waals surface area contributed by atoms with Crippen LogP contribution >= 0.6 is 0 Å². The number of esters is 1. The second-order valence-electron chi connectivity index (χ2n) is 4.19. The summed E-state index contributed by atoms with van der Waals surface area (Å²) in [7, 11) is 1.63. The Kier molecular flexibility index (Phi) is 5.15. The molecule has 1 atom stereocenters. The van der Waals surface area contributed by atoms with Crippen molar-refractivity contribution in [1.29, 1.82) is 0 Å². The number of nitrogens with zero attached hydrogens (tertiary/aromatic N) is 1. The molecule has 0 bridgehead atoms. The third kappa shape index (κ3) is 3.85. The summed E-state index contributed by atoms with van der Waals surface area (Å²) in [4.78, 5) is 15.6. The number of ether oxygens (including phenoxy) is 2. The van der Waals surface area contributed by atoms with Crippen LogP contribution < -0.4 is 0 Å². The maximum atomic E-state index is 11.7. The molecule has 0 aliphatic carbocycles. The molecule has 1 aromatic rings. The van der Waals surface area contributed by atoms with Gasteiger partial charge in [0.05, 0.1) is 12.7 Å². The van der Waals surface area contributed by atoms with Crippen LogP contribution in [0.25, 0.3) is 0 Å². The molecule has 0 N–H and O–H groups in total. The Morgan fingerprint density at radius 2 is 2.18 bits per heavy atom. The van der Waals surface area contributed by atoms with Crippen molar-refractivity contribution in [1.82, 2.24) is 4.98 Å². The Balaban J connectivity index is 2.50. The SMILES string of the molecule is CO[C@@H](C)CCOC(=O)c1ncoc1C(C)C. The fraction of sp³-hybridized carbons (Fsp3) is 0.667. The lowest BCUT2D eigenvalue weighted by Crippen LogP contribution is -2.14. The van der Waals surface area contributed by atoms with Crippen molar-refractivity contribution >= 4 is 5.97 Å². The van der Waals surface area contributed by atoms with Crippen LogP contribution in [0.2, 0.25) is 0 Å². The molecular weight excluding hydrogens is 222 g/mol. The monoisotopic (exact) mass is 241 g/mol. The highest BCUT2D eigenvalue weighted by Crippen LogP contribution is 2.18. The molecule has 1 aromatic heterocycles. The highest BCUT2D eigenvalue weighted by Gasteiger charge is 2.20. The predicted octanol–water partition coefficient (Wildman–Crippen LogP) is 2.38. The first kappa shape index (κ1) is 13.7. The topological polar surface area (TPSA) is 61.6 Å². The lowest BCUT2D eigenvalue weighted by molar-refractivity contribution is 0.0383. The maximum absolute atomic E-state index is 11.7. The van der Waals surface area contributed by atoms with Crippen molar-refractivity contribution in [2.75, 3.05) is 13.7 Å². The van der Waals surface area contributed by atoms with Crippen LogP contribution in [0.5, 0.6) is 0 Å². The van der Waals surface area contributed by atoms with Gasteiger partial charge in [-0.2, -0.15) is 0 Å². The highest BCUT2D eigenvalue weighted by atomic mass is 16.5. The number of oxazole rings is 1. The first-order valence-corrected chi connectivity index (χ1v) is 5.69. The van der Waals surface area contributed by atoms with Gasteiger partial charge in [-0.3, -0.25) is 0 Å². The van der Waals surface area contributed by atoms with E-state index >= 15 is 0 Å². The third-order valence-electron chi connectivity index (χ3n) is 2.47. The summed E-state index contributed by atoms with van der Waals surface area (Å²) in [6.07, 6.45) is 2.01. The molecule has 1 heterocycles. The fourth-order valence-corrected chi connectivity index (χ4v) is 1.32. The van der Waals surface area contributed by atoms with Gasteiger partial charge in [-0.25, -0.2) is 9.78 Å². The van der Waals surface area contributed by atoms with Crippen molar-refractivity contribution in [2.45, 2.75) is 39.2 Å². The summed E-state index contributed by atoms with van der Waals surface area (Å²) < 4.78 is 15.3. The van der Waals surface area contributed by atoms with E-state index in [0.717, 1.165) is 0 Å². The summed E-state index contributed by atoms with van der Waals surface area (Å²) in [5.41, 5.74) is 0.269. The zero-order valence-corrected chi connectivity index (χ0v) is 10.7. The summed E-state index contributed by atoms with van der Waals surface area (Å²) in [6, 6.07) is 0. The van der Waals surface area contributed by atoms with E-state index in [1.807, 2.05) is 20.8 Å². The lowest BCUT2D eigenvalue weighted by Gasteiger charge is -2.09. The minimum Gasteiger partial charge on any atom is -0.461 e. The number of hydrogen-bond donors (Lipinski definition) is 0. The largest absolute Gasteiger partial charge is 0.461 e. The van der Waals surface area contributed by atoms with Gasteiger partial charge in [0.25, 0.3) is 0 Å². The fourth-order valence-electron chi connectivity index (χ4n) is 1.32. The molecule has 0 spiro atoms. The van der Waals surface area contributed by atoms with E-state index in [1.54, 1.807) is 7.11 Å². The van der Waals surface area contributed by atoms with Crippen molar-refractivity contribution in [3.05, 3.63) is 17.8 Å². The van der Waals surface area contributed by atoms with E-state index in [0.29, 0.717) is 18.8 Å². The molecule has 0 aliphatic rings. The number of carbonyl (C=O) groups excluding carboxylic acids is 1. The zero-order valence-electron chi connectivity index (χ0n) is 10.7. The molecule has 0 fully saturated rings. The molecule has 96 valence electrons. The van der Waals surface area contributed by atoms with E-state index in [1.165, 1.54) is 6.39 Å². The van der Waals surface area contributed by atoms with Crippen molar-refractivity contribution in [2.24, 2.45) is 0 Å².